The number of nitrogens with zero attached hydrogens (tertiary/aromatic N) is 1. The first-order valence-electron chi connectivity index (χ1n) is 5.03. The van der Waals surface area contributed by atoms with E-state index in [9.17, 15) is 0 Å². The average molecular weight is 171 g/mol. The number of ether oxygens (including phenoxy) is 1. The average Bonchev–Trinajstić information content (AvgIpc) is 2.05. The van der Waals surface area contributed by atoms with Crippen LogP contribution in [0.15, 0.2) is 0 Å². The fourth-order valence-electron chi connectivity index (χ4n) is 2.04. The van der Waals surface area contributed by atoms with Gasteiger partial charge in [0.1, 0.15) is 0 Å². The zero-order valence-electron chi connectivity index (χ0n) is 8.55. The highest BCUT2D eigenvalue weighted by Gasteiger charge is 2.24. The molecule has 2 nitrogen and oxygen atoms in total. The van der Waals surface area contributed by atoms with Gasteiger partial charge in [-0.3, -0.25) is 0 Å². The Morgan fingerprint density at radius 2 is 2.25 bits per heavy atom. The van der Waals surface area contributed by atoms with Gasteiger partial charge >= 0.3 is 0 Å². The third-order valence-corrected chi connectivity index (χ3v) is 2.74. The summed E-state index contributed by atoms with van der Waals surface area (Å²) < 4.78 is 5.41. The van der Waals surface area contributed by atoms with E-state index in [0.717, 1.165) is 19.3 Å². The molecule has 1 aliphatic heterocycles. The molecule has 0 N–H and O–H groups in total. The summed E-state index contributed by atoms with van der Waals surface area (Å²) >= 11 is 0. The molecule has 0 aromatic carbocycles. The molecule has 0 amide bonds. The predicted octanol–water partition coefficient (Wildman–Crippen LogP) is 1.75. The summed E-state index contributed by atoms with van der Waals surface area (Å²) in [5, 5.41) is 0. The Labute approximate surface area is 75.9 Å². The third kappa shape index (κ3) is 2.46. The zero-order valence-corrected chi connectivity index (χ0v) is 8.55. The van der Waals surface area contributed by atoms with E-state index in [1.165, 1.54) is 19.4 Å². The highest BCUT2D eigenvalue weighted by Crippen LogP contribution is 2.18. The van der Waals surface area contributed by atoms with Crippen LogP contribution in [0.25, 0.3) is 0 Å². The fraction of sp³-hybridized carbons (Fsp3) is 1.00. The van der Waals surface area contributed by atoms with Crippen molar-refractivity contribution in [2.45, 2.75) is 32.7 Å². The lowest BCUT2D eigenvalue weighted by Gasteiger charge is -2.35. The van der Waals surface area contributed by atoms with E-state index >= 15 is 0 Å². The van der Waals surface area contributed by atoms with Crippen molar-refractivity contribution in [3.8, 4) is 0 Å². The Balaban J connectivity index is 2.36. The molecule has 1 aliphatic rings. The highest BCUT2D eigenvalue weighted by molar-refractivity contribution is 4.77. The molecule has 0 unspecified atom stereocenters. The summed E-state index contributed by atoms with van der Waals surface area (Å²) in [6.07, 6.45) is 2.46. The summed E-state index contributed by atoms with van der Waals surface area (Å²) in [7, 11) is 2.23. The molecule has 1 fully saturated rings. The lowest BCUT2D eigenvalue weighted by molar-refractivity contribution is 0.00237. The van der Waals surface area contributed by atoms with E-state index in [4.69, 9.17) is 4.74 Å². The van der Waals surface area contributed by atoms with E-state index in [-0.39, 0.29) is 0 Å². The van der Waals surface area contributed by atoms with Crippen LogP contribution in [0.4, 0.5) is 0 Å². The molecule has 0 saturated carbocycles. The van der Waals surface area contributed by atoms with Crippen molar-refractivity contribution < 1.29 is 4.74 Å². The molecule has 2 atom stereocenters. The lowest BCUT2D eigenvalue weighted by atomic mass is 9.96. The van der Waals surface area contributed by atoms with E-state index in [2.05, 4.69) is 25.8 Å². The van der Waals surface area contributed by atoms with Gasteiger partial charge in [-0.05, 0) is 32.4 Å². The van der Waals surface area contributed by atoms with Gasteiger partial charge in [-0.15, -0.1) is 0 Å². The van der Waals surface area contributed by atoms with Crippen LogP contribution < -0.4 is 0 Å². The Morgan fingerprint density at radius 3 is 2.83 bits per heavy atom. The summed E-state index contributed by atoms with van der Waals surface area (Å²) in [6.45, 7) is 7.63. The van der Waals surface area contributed by atoms with Crippen molar-refractivity contribution in [3.05, 3.63) is 0 Å². The second-order valence-corrected chi connectivity index (χ2v) is 3.89. The van der Waals surface area contributed by atoms with Gasteiger partial charge in [-0.2, -0.15) is 0 Å². The van der Waals surface area contributed by atoms with Gasteiger partial charge in [0.2, 0.25) is 0 Å². The first kappa shape index (κ1) is 10.0. The lowest BCUT2D eigenvalue weighted by Crippen LogP contribution is -2.42. The minimum Gasteiger partial charge on any atom is -0.381 e. The molecule has 0 aromatic rings. The molecule has 0 aromatic heterocycles. The van der Waals surface area contributed by atoms with E-state index in [1.54, 1.807) is 0 Å². The molecular weight excluding hydrogens is 150 g/mol. The van der Waals surface area contributed by atoms with Crippen LogP contribution in [0.2, 0.25) is 0 Å². The monoisotopic (exact) mass is 171 g/mol. The van der Waals surface area contributed by atoms with Gasteiger partial charge in [-0.1, -0.05) is 13.8 Å². The number of hydrogen-bond donors (Lipinski definition) is 0. The molecule has 0 spiro atoms. The fourth-order valence-corrected chi connectivity index (χ4v) is 2.04. The molecule has 0 radical (unpaired) electrons. The second-order valence-electron chi connectivity index (χ2n) is 3.89. The Morgan fingerprint density at radius 1 is 1.50 bits per heavy atom. The predicted molar refractivity (Wildman–Crippen MR) is 51.3 cm³/mol. The van der Waals surface area contributed by atoms with Gasteiger partial charge in [-0.25, -0.2) is 0 Å². The quantitative estimate of drug-likeness (QED) is 0.641. The molecule has 72 valence electrons. The Bertz CT molecular complexity index is 127. The number of rotatable bonds is 3. The van der Waals surface area contributed by atoms with Crippen LogP contribution in [0, 0.1) is 5.92 Å². The van der Waals surface area contributed by atoms with Gasteiger partial charge < -0.3 is 9.64 Å². The largest absolute Gasteiger partial charge is 0.381 e. The van der Waals surface area contributed by atoms with Gasteiger partial charge in [0, 0.05) is 12.6 Å². The minimum atomic E-state index is 0.704. The molecule has 0 aliphatic carbocycles. The van der Waals surface area contributed by atoms with Crippen molar-refractivity contribution in [2.24, 2.45) is 5.92 Å². The van der Waals surface area contributed by atoms with E-state index in [1.807, 2.05) is 0 Å². The topological polar surface area (TPSA) is 12.5 Å². The maximum absolute atomic E-state index is 5.41. The molecule has 1 saturated heterocycles. The second kappa shape index (κ2) is 4.83. The highest BCUT2D eigenvalue weighted by atomic mass is 16.5. The molecule has 1 rings (SSSR count). The zero-order chi connectivity index (χ0) is 8.97. The van der Waals surface area contributed by atoms with E-state index < -0.39 is 0 Å². The molecule has 2 heteroatoms. The van der Waals surface area contributed by atoms with Crippen LogP contribution in [0.3, 0.4) is 0 Å². The summed E-state index contributed by atoms with van der Waals surface area (Å²) in [6, 6.07) is 0.749. The van der Waals surface area contributed by atoms with Crippen molar-refractivity contribution in [1.82, 2.24) is 4.90 Å². The van der Waals surface area contributed by atoms with Gasteiger partial charge in [0.15, 0.2) is 0 Å². The van der Waals surface area contributed by atoms with Crippen LogP contribution in [0.5, 0.6) is 0 Å². The van der Waals surface area contributed by atoms with Gasteiger partial charge in [0.05, 0.1) is 6.61 Å². The number of hydrogen-bond acceptors (Lipinski definition) is 2. The normalized spacial score (nSPS) is 31.0. The first-order valence-corrected chi connectivity index (χ1v) is 5.03. The molecule has 12 heavy (non-hydrogen) atoms. The summed E-state index contributed by atoms with van der Waals surface area (Å²) in [4.78, 5) is 2.48. The van der Waals surface area contributed by atoms with E-state index in [0.29, 0.717) is 5.92 Å². The molecule has 0 bridgehead atoms. The minimum absolute atomic E-state index is 0.704. The SMILES string of the molecule is CCCN(C)[C@H]1CCOC[C@@H]1C. The third-order valence-electron chi connectivity index (χ3n) is 2.74. The molecule has 1 heterocycles. The maximum Gasteiger partial charge on any atom is 0.0506 e. The summed E-state index contributed by atoms with van der Waals surface area (Å²) in [5.74, 6) is 0.704. The van der Waals surface area contributed by atoms with Crippen LogP contribution in [-0.2, 0) is 4.74 Å². The van der Waals surface area contributed by atoms with Crippen LogP contribution in [0.1, 0.15) is 26.7 Å². The maximum atomic E-state index is 5.41. The van der Waals surface area contributed by atoms with Crippen LogP contribution >= 0.6 is 0 Å². The van der Waals surface area contributed by atoms with Crippen molar-refractivity contribution >= 4 is 0 Å². The first-order chi connectivity index (χ1) is 5.75. The van der Waals surface area contributed by atoms with Crippen molar-refractivity contribution in [3.63, 3.8) is 0 Å². The molecular formula is C10H21NO. The van der Waals surface area contributed by atoms with Crippen molar-refractivity contribution in [1.29, 1.82) is 0 Å². The van der Waals surface area contributed by atoms with Crippen LogP contribution in [-0.4, -0.2) is 37.7 Å². The van der Waals surface area contributed by atoms with Gasteiger partial charge in [0.25, 0.3) is 0 Å². The Hall–Kier alpha value is -0.0800. The van der Waals surface area contributed by atoms with Crippen molar-refractivity contribution in [2.75, 3.05) is 26.8 Å². The smallest absolute Gasteiger partial charge is 0.0506 e. The standard InChI is InChI=1S/C10H21NO/c1-4-6-11(3)10-5-7-12-8-9(10)2/h9-10H,4-8H2,1-3H3/t9-,10-/m0/s1. The summed E-state index contributed by atoms with van der Waals surface area (Å²) in [5.41, 5.74) is 0. The Kier molecular flexibility index (Phi) is 4.02.